The Morgan fingerprint density at radius 3 is 2.48 bits per heavy atom. The van der Waals surface area contributed by atoms with E-state index < -0.39 is 5.54 Å². The van der Waals surface area contributed by atoms with Crippen LogP contribution in [0.25, 0.3) is 0 Å². The van der Waals surface area contributed by atoms with E-state index in [1.165, 1.54) is 0 Å². The first-order valence-electron chi connectivity index (χ1n) is 7.66. The summed E-state index contributed by atoms with van der Waals surface area (Å²) in [6.45, 7) is 8.91. The lowest BCUT2D eigenvalue weighted by Gasteiger charge is -2.28. The second-order valence-electron chi connectivity index (χ2n) is 6.18. The molecule has 0 radical (unpaired) electrons. The molecular weight excluding hydrogens is 310 g/mol. The summed E-state index contributed by atoms with van der Waals surface area (Å²) in [6.07, 6.45) is 0.801. The lowest BCUT2D eigenvalue weighted by molar-refractivity contribution is -0.120. The molecule has 0 spiro atoms. The highest BCUT2D eigenvalue weighted by molar-refractivity contribution is 7.09. The molecule has 23 heavy (non-hydrogen) atoms. The largest absolute Gasteiger partial charge is 0.343 e. The van der Waals surface area contributed by atoms with E-state index in [0.29, 0.717) is 6.54 Å². The zero-order chi connectivity index (χ0) is 16.6. The number of nitrogens with zero attached hydrogens (tertiary/aromatic N) is 4. The van der Waals surface area contributed by atoms with Gasteiger partial charge in [-0.25, -0.2) is 15.0 Å². The molecular formula is C16H21N5OS. The number of thiazole rings is 1. The van der Waals surface area contributed by atoms with Crippen molar-refractivity contribution in [2.45, 2.75) is 39.7 Å². The molecule has 0 aliphatic carbocycles. The molecule has 0 saturated carbocycles. The van der Waals surface area contributed by atoms with Gasteiger partial charge < -0.3 is 10.2 Å². The first-order valence-corrected chi connectivity index (χ1v) is 8.54. The highest BCUT2D eigenvalue weighted by atomic mass is 32.1. The summed E-state index contributed by atoms with van der Waals surface area (Å²) in [7, 11) is 0. The van der Waals surface area contributed by atoms with Crippen molar-refractivity contribution < 1.29 is 4.79 Å². The van der Waals surface area contributed by atoms with Crippen LogP contribution in [-0.2, 0) is 10.3 Å². The Bertz CT molecular complexity index is 724. The summed E-state index contributed by atoms with van der Waals surface area (Å²) in [5, 5.41) is 6.10. The number of aryl methyl sites for hydroxylation is 3. The number of aromatic nitrogens is 3. The monoisotopic (exact) mass is 331 g/mol. The van der Waals surface area contributed by atoms with Crippen molar-refractivity contribution >= 4 is 23.2 Å². The Morgan fingerprint density at radius 2 is 1.91 bits per heavy atom. The summed E-state index contributed by atoms with van der Waals surface area (Å²) in [5.41, 5.74) is 2.44. The number of carbonyl (C=O) groups is 1. The van der Waals surface area contributed by atoms with Gasteiger partial charge in [-0.2, -0.15) is 0 Å². The van der Waals surface area contributed by atoms with Crippen LogP contribution in [-0.4, -0.2) is 33.9 Å². The topological polar surface area (TPSA) is 71.0 Å². The standard InChI is InChI=1S/C16H21N5OS/c1-10-7-11(2)19-15(18-10)21-6-5-16(9-21,20-13(4)22)14-17-12(3)8-23-14/h7-8H,5-6,9H2,1-4H3,(H,20,22). The van der Waals surface area contributed by atoms with Gasteiger partial charge in [-0.1, -0.05) is 0 Å². The van der Waals surface area contributed by atoms with Crippen LogP contribution < -0.4 is 10.2 Å². The first-order chi connectivity index (χ1) is 10.9. The van der Waals surface area contributed by atoms with Crippen LogP contribution in [0.2, 0.25) is 0 Å². The van der Waals surface area contributed by atoms with Gasteiger partial charge in [0.1, 0.15) is 10.5 Å². The molecule has 1 amide bonds. The summed E-state index contributed by atoms with van der Waals surface area (Å²) < 4.78 is 0. The van der Waals surface area contributed by atoms with E-state index in [0.717, 1.165) is 41.0 Å². The summed E-state index contributed by atoms with van der Waals surface area (Å²) in [5.74, 6) is 0.684. The SMILES string of the molecule is CC(=O)NC1(c2nc(C)cs2)CCN(c2nc(C)cc(C)n2)C1. The minimum Gasteiger partial charge on any atom is -0.343 e. The minimum absolute atomic E-state index is 0.0407. The van der Waals surface area contributed by atoms with Crippen molar-refractivity contribution in [2.75, 3.05) is 18.0 Å². The highest BCUT2D eigenvalue weighted by Crippen LogP contribution is 2.35. The molecule has 7 heteroatoms. The molecule has 1 saturated heterocycles. The van der Waals surface area contributed by atoms with Gasteiger partial charge in [-0.15, -0.1) is 11.3 Å². The Morgan fingerprint density at radius 1 is 1.22 bits per heavy atom. The lowest BCUT2D eigenvalue weighted by atomic mass is 9.99. The molecule has 2 aromatic rings. The summed E-state index contributed by atoms with van der Waals surface area (Å²) in [4.78, 5) is 27.6. The fraction of sp³-hybridized carbons (Fsp3) is 0.500. The molecule has 1 aliphatic heterocycles. The molecule has 122 valence electrons. The molecule has 1 atom stereocenters. The summed E-state index contributed by atoms with van der Waals surface area (Å²) >= 11 is 1.60. The number of nitrogens with one attached hydrogen (secondary N) is 1. The quantitative estimate of drug-likeness (QED) is 0.932. The number of hydrogen-bond donors (Lipinski definition) is 1. The van der Waals surface area contributed by atoms with Gasteiger partial charge in [0, 0.05) is 35.9 Å². The first kappa shape index (κ1) is 15.9. The molecule has 1 aliphatic rings. The van der Waals surface area contributed by atoms with Crippen molar-refractivity contribution in [3.63, 3.8) is 0 Å². The molecule has 6 nitrogen and oxygen atoms in total. The third kappa shape index (κ3) is 3.19. The fourth-order valence-electron chi connectivity index (χ4n) is 3.07. The molecule has 1 unspecified atom stereocenters. The van der Waals surface area contributed by atoms with Gasteiger partial charge in [0.05, 0.1) is 6.54 Å². The van der Waals surface area contributed by atoms with E-state index in [9.17, 15) is 4.79 Å². The molecule has 1 N–H and O–H groups in total. The van der Waals surface area contributed by atoms with Crippen LogP contribution in [0.15, 0.2) is 11.4 Å². The van der Waals surface area contributed by atoms with Crippen LogP contribution >= 0.6 is 11.3 Å². The van der Waals surface area contributed by atoms with Gasteiger partial charge in [0.15, 0.2) is 0 Å². The normalized spacial score (nSPS) is 20.8. The maximum atomic E-state index is 11.8. The minimum atomic E-state index is -0.453. The zero-order valence-electron chi connectivity index (χ0n) is 13.9. The van der Waals surface area contributed by atoms with Crippen molar-refractivity contribution in [3.8, 4) is 0 Å². The van der Waals surface area contributed by atoms with Gasteiger partial charge in [-0.3, -0.25) is 4.79 Å². The Kier molecular flexibility index (Phi) is 4.06. The molecule has 1 fully saturated rings. The maximum absolute atomic E-state index is 11.8. The van der Waals surface area contributed by atoms with Crippen molar-refractivity contribution in [1.82, 2.24) is 20.3 Å². The number of anilines is 1. The van der Waals surface area contributed by atoms with Crippen molar-refractivity contribution in [3.05, 3.63) is 33.5 Å². The Labute approximate surface area is 140 Å². The van der Waals surface area contributed by atoms with Crippen LogP contribution in [0.1, 0.15) is 35.4 Å². The fourth-order valence-corrected chi connectivity index (χ4v) is 4.04. The molecule has 0 aromatic carbocycles. The van der Waals surface area contributed by atoms with Crippen molar-refractivity contribution in [2.24, 2.45) is 0 Å². The third-order valence-electron chi connectivity index (χ3n) is 3.97. The van der Waals surface area contributed by atoms with Crippen LogP contribution in [0, 0.1) is 20.8 Å². The molecule has 2 aromatic heterocycles. The number of hydrogen-bond acceptors (Lipinski definition) is 6. The van der Waals surface area contributed by atoms with E-state index in [-0.39, 0.29) is 5.91 Å². The van der Waals surface area contributed by atoms with E-state index >= 15 is 0 Å². The Hall–Kier alpha value is -2.02. The summed E-state index contributed by atoms with van der Waals surface area (Å²) in [6, 6.07) is 1.96. The number of carbonyl (C=O) groups excluding carboxylic acids is 1. The van der Waals surface area contributed by atoms with Crippen molar-refractivity contribution in [1.29, 1.82) is 0 Å². The average molecular weight is 331 g/mol. The highest BCUT2D eigenvalue weighted by Gasteiger charge is 2.43. The lowest BCUT2D eigenvalue weighted by Crippen LogP contribution is -2.47. The number of rotatable bonds is 3. The second-order valence-corrected chi connectivity index (χ2v) is 7.04. The molecule has 3 heterocycles. The smallest absolute Gasteiger partial charge is 0.225 e. The van der Waals surface area contributed by atoms with Gasteiger partial charge in [-0.05, 0) is 33.3 Å². The van der Waals surface area contributed by atoms with Crippen LogP contribution in [0.4, 0.5) is 5.95 Å². The van der Waals surface area contributed by atoms with Crippen LogP contribution in [0.5, 0.6) is 0 Å². The number of amides is 1. The third-order valence-corrected chi connectivity index (χ3v) is 5.13. The van der Waals surface area contributed by atoms with Gasteiger partial charge in [0.2, 0.25) is 11.9 Å². The van der Waals surface area contributed by atoms with E-state index in [1.807, 2.05) is 32.2 Å². The second kappa shape index (κ2) is 5.88. The predicted octanol–water partition coefficient (Wildman–Crippen LogP) is 2.10. The van der Waals surface area contributed by atoms with E-state index in [1.54, 1.807) is 18.3 Å². The average Bonchev–Trinajstić information content (AvgIpc) is 3.05. The maximum Gasteiger partial charge on any atom is 0.225 e. The van der Waals surface area contributed by atoms with Crippen LogP contribution in [0.3, 0.4) is 0 Å². The van der Waals surface area contributed by atoms with Gasteiger partial charge >= 0.3 is 0 Å². The Balaban J connectivity index is 1.93. The molecule has 0 bridgehead atoms. The van der Waals surface area contributed by atoms with E-state index in [4.69, 9.17) is 0 Å². The van der Waals surface area contributed by atoms with Gasteiger partial charge in [0.25, 0.3) is 0 Å². The van der Waals surface area contributed by atoms with E-state index in [2.05, 4.69) is 25.2 Å². The molecule has 3 rings (SSSR count). The zero-order valence-corrected chi connectivity index (χ0v) is 14.7. The predicted molar refractivity (Wildman–Crippen MR) is 90.7 cm³/mol.